The first-order valence-corrected chi connectivity index (χ1v) is 6.25. The van der Waals surface area contributed by atoms with Crippen LogP contribution in [0.25, 0.3) is 0 Å². The van der Waals surface area contributed by atoms with Crippen molar-refractivity contribution in [3.05, 3.63) is 40.7 Å². The number of Topliss-reactive ketones (excluding diaryl/α,β-unsaturated/α-hetero) is 1. The van der Waals surface area contributed by atoms with Crippen LogP contribution in [0.5, 0.6) is 0 Å². The molecule has 2 atom stereocenters. The fourth-order valence-electron chi connectivity index (χ4n) is 1.82. The maximum Gasteiger partial charge on any atom is 0.309 e. The first kappa shape index (κ1) is 13.4. The van der Waals surface area contributed by atoms with Gasteiger partial charge in [0.25, 0.3) is 0 Å². The van der Waals surface area contributed by atoms with Gasteiger partial charge in [-0.3, -0.25) is 9.59 Å². The summed E-state index contributed by atoms with van der Waals surface area (Å²) < 4.78 is 4.78. The highest BCUT2D eigenvalue weighted by molar-refractivity contribution is 6.42. The van der Waals surface area contributed by atoms with E-state index in [0.717, 1.165) is 0 Å². The van der Waals surface area contributed by atoms with Gasteiger partial charge in [0, 0.05) is 11.5 Å². The first-order valence-electron chi connectivity index (χ1n) is 5.49. The highest BCUT2D eigenvalue weighted by Gasteiger charge is 2.49. The second-order valence-electron chi connectivity index (χ2n) is 4.11. The average Bonchev–Trinajstić information content (AvgIpc) is 3.12. The Bertz CT molecular complexity index is 499. The van der Waals surface area contributed by atoms with Crippen molar-refractivity contribution in [2.75, 3.05) is 6.61 Å². The molecule has 1 radical (unpaired) electrons. The molecule has 0 aliphatic heterocycles. The summed E-state index contributed by atoms with van der Waals surface area (Å²) in [5.74, 6) is -1.10. The molecular formula is C13H11Cl2O3. The van der Waals surface area contributed by atoms with Crippen molar-refractivity contribution in [2.45, 2.75) is 6.42 Å². The van der Waals surface area contributed by atoms with E-state index in [1.54, 1.807) is 12.1 Å². The van der Waals surface area contributed by atoms with Crippen LogP contribution >= 0.6 is 23.2 Å². The van der Waals surface area contributed by atoms with E-state index in [9.17, 15) is 9.59 Å². The van der Waals surface area contributed by atoms with Crippen LogP contribution in [0, 0.1) is 18.8 Å². The van der Waals surface area contributed by atoms with Crippen LogP contribution in [0.2, 0.25) is 10.0 Å². The van der Waals surface area contributed by atoms with Crippen LogP contribution < -0.4 is 0 Å². The Hall–Kier alpha value is -1.06. The van der Waals surface area contributed by atoms with E-state index >= 15 is 0 Å². The molecule has 0 N–H and O–H groups in total. The lowest BCUT2D eigenvalue weighted by atomic mass is 10.1. The van der Waals surface area contributed by atoms with Crippen LogP contribution in [0.15, 0.2) is 18.2 Å². The number of ether oxygens (including phenoxy) is 1. The Balaban J connectivity index is 2.05. The highest BCUT2D eigenvalue weighted by atomic mass is 35.5. The maximum atomic E-state index is 12.1. The van der Waals surface area contributed by atoms with Crippen LogP contribution in [-0.4, -0.2) is 18.4 Å². The number of hydrogen-bond acceptors (Lipinski definition) is 3. The molecule has 1 saturated carbocycles. The Morgan fingerprint density at radius 3 is 2.61 bits per heavy atom. The van der Waals surface area contributed by atoms with Gasteiger partial charge in [0.2, 0.25) is 0 Å². The van der Waals surface area contributed by atoms with Gasteiger partial charge in [-0.2, -0.15) is 0 Å². The highest BCUT2D eigenvalue weighted by Crippen LogP contribution is 2.42. The second kappa shape index (κ2) is 5.29. The van der Waals surface area contributed by atoms with E-state index in [1.165, 1.54) is 6.07 Å². The van der Waals surface area contributed by atoms with Gasteiger partial charge in [-0.1, -0.05) is 23.2 Å². The number of halogens is 2. The zero-order valence-electron chi connectivity index (χ0n) is 9.49. The van der Waals surface area contributed by atoms with Crippen LogP contribution in [0.1, 0.15) is 16.8 Å². The zero-order chi connectivity index (χ0) is 13.3. The number of hydrogen-bond donors (Lipinski definition) is 0. The number of esters is 1. The Kier molecular flexibility index (Phi) is 3.93. The minimum Gasteiger partial charge on any atom is -0.465 e. The molecule has 3 nitrogen and oxygen atoms in total. The summed E-state index contributed by atoms with van der Waals surface area (Å²) >= 11 is 11.6. The van der Waals surface area contributed by atoms with Gasteiger partial charge in [0.05, 0.1) is 22.6 Å². The molecule has 18 heavy (non-hydrogen) atoms. The van der Waals surface area contributed by atoms with Crippen molar-refractivity contribution in [1.82, 2.24) is 0 Å². The lowest BCUT2D eigenvalue weighted by Crippen LogP contribution is -2.12. The molecule has 0 aromatic heterocycles. The second-order valence-corrected chi connectivity index (χ2v) is 4.92. The van der Waals surface area contributed by atoms with Crippen molar-refractivity contribution in [3.8, 4) is 0 Å². The van der Waals surface area contributed by atoms with E-state index in [4.69, 9.17) is 27.9 Å². The van der Waals surface area contributed by atoms with E-state index in [0.29, 0.717) is 22.0 Å². The van der Waals surface area contributed by atoms with Crippen molar-refractivity contribution >= 4 is 35.0 Å². The molecule has 1 aromatic carbocycles. The van der Waals surface area contributed by atoms with Gasteiger partial charge >= 0.3 is 5.97 Å². The Morgan fingerprint density at radius 2 is 2.00 bits per heavy atom. The largest absolute Gasteiger partial charge is 0.465 e. The fourth-order valence-corrected chi connectivity index (χ4v) is 2.11. The summed E-state index contributed by atoms with van der Waals surface area (Å²) in [5.41, 5.74) is 0.472. The molecule has 95 valence electrons. The van der Waals surface area contributed by atoms with Crippen molar-refractivity contribution in [2.24, 2.45) is 11.8 Å². The molecule has 0 bridgehead atoms. The third-order valence-electron chi connectivity index (χ3n) is 2.88. The van der Waals surface area contributed by atoms with Gasteiger partial charge < -0.3 is 4.74 Å². The summed E-state index contributed by atoms with van der Waals surface area (Å²) in [6, 6.07) is 4.70. The van der Waals surface area contributed by atoms with Crippen LogP contribution in [0.4, 0.5) is 0 Å². The number of benzene rings is 1. The third kappa shape index (κ3) is 2.68. The number of carbonyl (C=O) groups is 2. The van der Waals surface area contributed by atoms with E-state index in [-0.39, 0.29) is 30.2 Å². The lowest BCUT2D eigenvalue weighted by molar-refractivity contribution is -0.144. The predicted molar refractivity (Wildman–Crippen MR) is 68.7 cm³/mol. The molecular weight excluding hydrogens is 275 g/mol. The maximum absolute atomic E-state index is 12.1. The standard InChI is InChI=1S/C13H11Cl2O3/c1-2-18-13(17)9-6-8(9)12(16)7-3-4-10(14)11(15)5-7/h3-5,8-9H,1-2,6H2. The Morgan fingerprint density at radius 1 is 1.28 bits per heavy atom. The SMILES string of the molecule is [CH2]COC(=O)C1CC1C(=O)c1ccc(Cl)c(Cl)c1. The molecule has 0 spiro atoms. The normalized spacial score (nSPS) is 21.5. The minimum absolute atomic E-state index is 0.0863. The molecule has 1 aliphatic rings. The van der Waals surface area contributed by atoms with Crippen molar-refractivity contribution in [3.63, 3.8) is 0 Å². The molecule has 2 rings (SSSR count). The lowest BCUT2D eigenvalue weighted by Gasteiger charge is -2.03. The number of ketones is 1. The number of rotatable bonds is 4. The summed E-state index contributed by atoms with van der Waals surface area (Å²) in [4.78, 5) is 23.5. The predicted octanol–water partition coefficient (Wildman–Crippen LogP) is 3.19. The van der Waals surface area contributed by atoms with Gasteiger partial charge in [-0.15, -0.1) is 0 Å². The quantitative estimate of drug-likeness (QED) is 0.630. The minimum atomic E-state index is -0.358. The summed E-state index contributed by atoms with van der Waals surface area (Å²) in [7, 11) is 0. The third-order valence-corrected chi connectivity index (χ3v) is 3.62. The van der Waals surface area contributed by atoms with Gasteiger partial charge in [0.15, 0.2) is 5.78 Å². The van der Waals surface area contributed by atoms with Crippen LogP contribution in [0.3, 0.4) is 0 Å². The molecule has 0 amide bonds. The molecule has 1 aliphatic carbocycles. The molecule has 5 heteroatoms. The molecule has 2 unspecified atom stereocenters. The monoisotopic (exact) mass is 285 g/mol. The summed E-state index contributed by atoms with van der Waals surface area (Å²) in [6.07, 6.45) is 0.526. The molecule has 0 heterocycles. The van der Waals surface area contributed by atoms with Crippen LogP contribution in [-0.2, 0) is 9.53 Å². The molecule has 1 aromatic rings. The summed E-state index contributed by atoms with van der Waals surface area (Å²) in [6.45, 7) is 3.51. The molecule has 0 saturated heterocycles. The van der Waals surface area contributed by atoms with Gasteiger partial charge in [-0.25, -0.2) is 0 Å². The van der Waals surface area contributed by atoms with Crippen molar-refractivity contribution < 1.29 is 14.3 Å². The molecule has 1 fully saturated rings. The van der Waals surface area contributed by atoms with Gasteiger partial charge in [0.1, 0.15) is 0 Å². The zero-order valence-corrected chi connectivity index (χ0v) is 11.0. The Labute approximate surface area is 115 Å². The average molecular weight is 286 g/mol. The van der Waals surface area contributed by atoms with Crippen molar-refractivity contribution in [1.29, 1.82) is 0 Å². The fraction of sp³-hybridized carbons (Fsp3) is 0.308. The van der Waals surface area contributed by atoms with E-state index < -0.39 is 0 Å². The van der Waals surface area contributed by atoms with Gasteiger partial charge in [-0.05, 0) is 31.5 Å². The number of carbonyl (C=O) groups excluding carboxylic acids is 2. The first-order chi connectivity index (χ1) is 8.54. The van der Waals surface area contributed by atoms with E-state index in [2.05, 4.69) is 6.92 Å². The van der Waals surface area contributed by atoms with E-state index in [1.807, 2.05) is 0 Å². The summed E-state index contributed by atoms with van der Waals surface area (Å²) in [5, 5.41) is 0.733. The smallest absolute Gasteiger partial charge is 0.309 e. The topological polar surface area (TPSA) is 43.4 Å².